The Balaban J connectivity index is 1.97. The van der Waals surface area contributed by atoms with Gasteiger partial charge in [-0.25, -0.2) is 0 Å². The molecule has 0 bridgehead atoms. The van der Waals surface area contributed by atoms with E-state index in [1.165, 1.54) is 18.5 Å². The average Bonchev–Trinajstić information content (AvgIpc) is 3.03. The molecule has 3 aliphatic rings. The van der Waals surface area contributed by atoms with Crippen molar-refractivity contribution < 1.29 is 0 Å². The molecule has 2 heterocycles. The van der Waals surface area contributed by atoms with Crippen LogP contribution in [0.3, 0.4) is 0 Å². The van der Waals surface area contributed by atoms with Gasteiger partial charge in [0.1, 0.15) is 0 Å². The molecule has 1 fully saturated rings. The fraction of sp³-hybridized carbons (Fsp3) is 0.600. The van der Waals surface area contributed by atoms with Crippen molar-refractivity contribution in [1.82, 2.24) is 7.06 Å². The van der Waals surface area contributed by atoms with Crippen LogP contribution in [0.25, 0.3) is 0 Å². The van der Waals surface area contributed by atoms with E-state index < -0.39 is 20.4 Å². The second kappa shape index (κ2) is 4.18. The fourth-order valence-corrected chi connectivity index (χ4v) is 4.70. The van der Waals surface area contributed by atoms with Crippen LogP contribution in [0.4, 0.5) is 0 Å². The molecule has 88 valence electrons. The third kappa shape index (κ3) is 2.20. The Morgan fingerprint density at radius 1 is 1.38 bits per heavy atom. The monoisotopic (exact) mass is 352 g/mol. The van der Waals surface area contributed by atoms with Gasteiger partial charge < -0.3 is 0 Å². The molecule has 0 unspecified atom stereocenters. The van der Waals surface area contributed by atoms with Crippen molar-refractivity contribution in [2.24, 2.45) is 9.98 Å². The molecule has 0 spiro atoms. The third-order valence-corrected chi connectivity index (χ3v) is 5.72. The minimum atomic E-state index is -1.27. The standard InChI is InChI=1S/C10H14ClIN4/c1-12-15-7-4-5-8(11)14-9(7)10(16-12)13-6-2-3-6/h6,15H,2-5H2,1H3,(H,13,16). The second-order valence-corrected chi connectivity index (χ2v) is 8.40. The SMILES string of the molecule is CI1NC(=NC2CC2)C2=C(CCC(Cl)=N2)N1. The van der Waals surface area contributed by atoms with Crippen LogP contribution in [0.15, 0.2) is 21.4 Å². The van der Waals surface area contributed by atoms with E-state index in [1.807, 2.05) is 0 Å². The molecular formula is C10H14ClIN4. The first-order chi connectivity index (χ1) is 7.72. The number of hydrogen-bond acceptors (Lipinski definition) is 3. The number of alkyl halides is 1. The summed E-state index contributed by atoms with van der Waals surface area (Å²) in [6, 6.07) is 0.523. The number of rotatable bonds is 1. The van der Waals surface area contributed by atoms with Gasteiger partial charge in [-0.1, -0.05) is 0 Å². The first-order valence-corrected chi connectivity index (χ1v) is 10.1. The number of nitrogens with zero attached hydrogens (tertiary/aromatic N) is 2. The number of aliphatic imine (C=N–C) groups is 2. The maximum atomic E-state index is 6.01. The first kappa shape index (κ1) is 10.8. The van der Waals surface area contributed by atoms with E-state index >= 15 is 0 Å². The molecule has 1 aliphatic carbocycles. The van der Waals surface area contributed by atoms with E-state index in [0.29, 0.717) is 11.2 Å². The van der Waals surface area contributed by atoms with E-state index in [4.69, 9.17) is 16.6 Å². The molecule has 0 saturated heterocycles. The van der Waals surface area contributed by atoms with E-state index in [2.05, 4.69) is 17.0 Å². The summed E-state index contributed by atoms with van der Waals surface area (Å²) in [5.41, 5.74) is 2.20. The van der Waals surface area contributed by atoms with Gasteiger partial charge in [-0.2, -0.15) is 0 Å². The van der Waals surface area contributed by atoms with Gasteiger partial charge in [0.05, 0.1) is 0 Å². The molecule has 3 rings (SSSR count). The predicted octanol–water partition coefficient (Wildman–Crippen LogP) is 2.35. The summed E-state index contributed by atoms with van der Waals surface area (Å²) in [4.78, 5) is 11.4. The van der Waals surface area contributed by atoms with Crippen LogP contribution in [0.1, 0.15) is 25.7 Å². The molecule has 1 saturated carbocycles. The first-order valence-electron chi connectivity index (χ1n) is 5.40. The minimum absolute atomic E-state index is 0.523. The Hall–Kier alpha value is -0.300. The normalized spacial score (nSPS) is 29.5. The van der Waals surface area contributed by atoms with Crippen molar-refractivity contribution >= 4 is 43.0 Å². The number of hydrogen-bond donors (Lipinski definition) is 2. The summed E-state index contributed by atoms with van der Waals surface area (Å²) < 4.78 is 7.02. The second-order valence-electron chi connectivity index (χ2n) is 4.19. The molecule has 0 atom stereocenters. The van der Waals surface area contributed by atoms with Crippen LogP contribution in [0, 0.1) is 0 Å². The molecule has 0 aromatic rings. The Morgan fingerprint density at radius 3 is 2.94 bits per heavy atom. The topological polar surface area (TPSA) is 48.8 Å². The van der Waals surface area contributed by atoms with Gasteiger partial charge in [-0.05, 0) is 0 Å². The third-order valence-electron chi connectivity index (χ3n) is 2.67. The van der Waals surface area contributed by atoms with Gasteiger partial charge in [-0.15, -0.1) is 0 Å². The molecule has 0 radical (unpaired) electrons. The molecule has 0 amide bonds. The van der Waals surface area contributed by atoms with E-state index in [1.54, 1.807) is 0 Å². The van der Waals surface area contributed by atoms with Gasteiger partial charge in [-0.3, -0.25) is 0 Å². The molecule has 2 N–H and O–H groups in total. The number of allylic oxidation sites excluding steroid dienone is 1. The van der Waals surface area contributed by atoms with E-state index in [-0.39, 0.29) is 0 Å². The zero-order valence-corrected chi connectivity index (χ0v) is 12.0. The van der Waals surface area contributed by atoms with Gasteiger partial charge in [0.2, 0.25) is 0 Å². The van der Waals surface area contributed by atoms with Crippen molar-refractivity contribution in [3.8, 4) is 0 Å². The summed E-state index contributed by atoms with van der Waals surface area (Å²) in [5.74, 6) is 0.988. The van der Waals surface area contributed by atoms with Gasteiger partial charge in [0.25, 0.3) is 0 Å². The molecule has 4 nitrogen and oxygen atoms in total. The van der Waals surface area contributed by atoms with Crippen molar-refractivity contribution in [1.29, 1.82) is 0 Å². The molecule has 6 heteroatoms. The average molecular weight is 353 g/mol. The zero-order valence-electron chi connectivity index (χ0n) is 9.06. The number of halogens is 2. The molecular weight excluding hydrogens is 338 g/mol. The van der Waals surface area contributed by atoms with Crippen molar-refractivity contribution in [3.63, 3.8) is 0 Å². The van der Waals surface area contributed by atoms with Crippen LogP contribution >= 0.6 is 32.0 Å². The van der Waals surface area contributed by atoms with Gasteiger partial charge in [0.15, 0.2) is 0 Å². The molecule has 0 aromatic heterocycles. The summed E-state index contributed by atoms with van der Waals surface area (Å²) >= 11 is 4.74. The number of nitrogens with one attached hydrogen (secondary N) is 2. The van der Waals surface area contributed by atoms with Crippen LogP contribution in [0.5, 0.6) is 0 Å². The fourth-order valence-electron chi connectivity index (χ4n) is 1.72. The Labute approximate surface area is 108 Å². The van der Waals surface area contributed by atoms with Crippen molar-refractivity contribution in [3.05, 3.63) is 11.4 Å². The van der Waals surface area contributed by atoms with Crippen LogP contribution < -0.4 is 7.06 Å². The Bertz CT molecular complexity index is 411. The van der Waals surface area contributed by atoms with E-state index in [0.717, 1.165) is 24.4 Å². The maximum absolute atomic E-state index is 6.01. The summed E-state index contributed by atoms with van der Waals surface area (Å²) in [6.45, 7) is 0. The quantitative estimate of drug-likeness (QED) is 0.432. The van der Waals surface area contributed by atoms with Crippen LogP contribution in [0.2, 0.25) is 0 Å². The number of amidine groups is 1. The van der Waals surface area contributed by atoms with Crippen LogP contribution in [-0.2, 0) is 0 Å². The van der Waals surface area contributed by atoms with Crippen molar-refractivity contribution in [2.75, 3.05) is 4.93 Å². The molecule has 16 heavy (non-hydrogen) atoms. The summed E-state index contributed by atoms with van der Waals surface area (Å²) in [7, 11) is 0. The molecule has 2 aliphatic heterocycles. The summed E-state index contributed by atoms with van der Waals surface area (Å²) in [5, 5.41) is 0.698. The predicted molar refractivity (Wildman–Crippen MR) is 76.2 cm³/mol. The zero-order chi connectivity index (χ0) is 11.1. The summed E-state index contributed by atoms with van der Waals surface area (Å²) in [6.07, 6.45) is 4.27. The van der Waals surface area contributed by atoms with Crippen LogP contribution in [-0.4, -0.2) is 22.0 Å². The van der Waals surface area contributed by atoms with Crippen molar-refractivity contribution in [2.45, 2.75) is 31.7 Å². The molecule has 0 aromatic carbocycles. The van der Waals surface area contributed by atoms with E-state index in [9.17, 15) is 0 Å². The Kier molecular flexibility index (Phi) is 2.83. The van der Waals surface area contributed by atoms with Gasteiger partial charge in [0, 0.05) is 0 Å². The van der Waals surface area contributed by atoms with Gasteiger partial charge >= 0.3 is 108 Å². The Morgan fingerprint density at radius 2 is 2.19 bits per heavy atom.